The first-order valence-electron chi connectivity index (χ1n) is 8.08. The fourth-order valence-electron chi connectivity index (χ4n) is 2.67. The van der Waals surface area contributed by atoms with Crippen LogP contribution in [-0.2, 0) is 6.54 Å². The Hall–Kier alpha value is -2.29. The molecule has 0 N–H and O–H groups in total. The molecule has 0 aliphatic heterocycles. The molecule has 1 amide bonds. The van der Waals surface area contributed by atoms with Crippen LogP contribution in [0.25, 0.3) is 10.2 Å². The summed E-state index contributed by atoms with van der Waals surface area (Å²) in [6.07, 6.45) is 6.10. The van der Waals surface area contributed by atoms with Crippen molar-refractivity contribution in [3.8, 4) is 0 Å². The quantitative estimate of drug-likeness (QED) is 0.446. The summed E-state index contributed by atoms with van der Waals surface area (Å²) >= 11 is 2.72. The Balaban J connectivity index is 0.00000210. The summed E-state index contributed by atoms with van der Waals surface area (Å²) in [6, 6.07) is 8.50. The topological polar surface area (TPSA) is 51.0 Å². The van der Waals surface area contributed by atoms with Crippen LogP contribution in [0.5, 0.6) is 0 Å². The minimum atomic E-state index is -0.369. The van der Waals surface area contributed by atoms with Gasteiger partial charge in [0, 0.05) is 25.5 Å². The van der Waals surface area contributed by atoms with E-state index in [2.05, 4.69) is 9.97 Å². The minimum Gasteiger partial charge on any atom is -0.337 e. The minimum absolute atomic E-state index is 0. The molecule has 0 atom stereocenters. The highest BCUT2D eigenvalue weighted by Crippen LogP contribution is 2.31. The molecular formula is C18H16ClFN4OS2. The maximum Gasteiger partial charge on any atom is 0.270 e. The van der Waals surface area contributed by atoms with Crippen LogP contribution in [0.4, 0.5) is 9.52 Å². The number of thiophene rings is 1. The molecule has 0 saturated carbocycles. The molecule has 4 rings (SSSR count). The van der Waals surface area contributed by atoms with E-state index in [1.54, 1.807) is 29.6 Å². The van der Waals surface area contributed by atoms with Gasteiger partial charge < -0.3 is 4.57 Å². The van der Waals surface area contributed by atoms with Crippen LogP contribution in [0, 0.1) is 5.82 Å². The van der Waals surface area contributed by atoms with Gasteiger partial charge in [0.15, 0.2) is 5.13 Å². The van der Waals surface area contributed by atoms with Gasteiger partial charge >= 0.3 is 0 Å². The molecule has 0 saturated heterocycles. The van der Waals surface area contributed by atoms with Crippen molar-refractivity contribution in [1.29, 1.82) is 0 Å². The fourth-order valence-corrected chi connectivity index (χ4v) is 4.34. The van der Waals surface area contributed by atoms with Gasteiger partial charge in [0.05, 0.1) is 15.9 Å². The lowest BCUT2D eigenvalue weighted by Gasteiger charge is -2.19. The molecule has 0 fully saturated rings. The lowest BCUT2D eigenvalue weighted by atomic mass is 10.3. The molecule has 1 aromatic carbocycles. The molecule has 9 heteroatoms. The van der Waals surface area contributed by atoms with Gasteiger partial charge in [-0.2, -0.15) is 0 Å². The highest BCUT2D eigenvalue weighted by Gasteiger charge is 2.22. The predicted molar refractivity (Wildman–Crippen MR) is 110 cm³/mol. The SMILES string of the molecule is Cl.O=C(c1cccs1)N(CCCn1ccnc1)c1nc2c(F)cccc2s1. The van der Waals surface area contributed by atoms with Crippen molar-refractivity contribution >= 4 is 56.3 Å². The number of nitrogens with zero attached hydrogens (tertiary/aromatic N) is 4. The first kappa shape index (κ1) is 19.5. The van der Waals surface area contributed by atoms with Crippen molar-refractivity contribution in [2.75, 3.05) is 11.4 Å². The number of fused-ring (bicyclic) bond motifs is 1. The van der Waals surface area contributed by atoms with E-state index in [-0.39, 0.29) is 24.1 Å². The number of thiazole rings is 1. The number of anilines is 1. The number of aryl methyl sites for hydroxylation is 1. The second-order valence-corrected chi connectivity index (χ2v) is 7.63. The van der Waals surface area contributed by atoms with Crippen molar-refractivity contribution in [3.05, 3.63) is 65.1 Å². The summed E-state index contributed by atoms with van der Waals surface area (Å²) in [5.74, 6) is -0.475. The Morgan fingerprint density at radius 3 is 2.85 bits per heavy atom. The zero-order valence-electron chi connectivity index (χ0n) is 14.1. The summed E-state index contributed by atoms with van der Waals surface area (Å²) in [5, 5.41) is 2.39. The number of amides is 1. The predicted octanol–water partition coefficient (Wildman–Crippen LogP) is 4.85. The summed E-state index contributed by atoms with van der Waals surface area (Å²) in [7, 11) is 0. The number of rotatable bonds is 6. The van der Waals surface area contributed by atoms with E-state index >= 15 is 0 Å². The molecule has 3 heterocycles. The lowest BCUT2D eigenvalue weighted by molar-refractivity contribution is 0.0990. The van der Waals surface area contributed by atoms with E-state index in [1.807, 2.05) is 28.3 Å². The molecule has 0 unspecified atom stereocenters. The molecule has 27 heavy (non-hydrogen) atoms. The zero-order valence-corrected chi connectivity index (χ0v) is 16.6. The van der Waals surface area contributed by atoms with E-state index in [9.17, 15) is 9.18 Å². The third-order valence-electron chi connectivity index (χ3n) is 3.92. The maximum absolute atomic E-state index is 14.0. The van der Waals surface area contributed by atoms with Gasteiger partial charge in [-0.05, 0) is 30.0 Å². The Morgan fingerprint density at radius 2 is 2.15 bits per heavy atom. The van der Waals surface area contributed by atoms with Crippen LogP contribution in [0.15, 0.2) is 54.4 Å². The molecule has 4 aromatic rings. The Labute approximate surface area is 169 Å². The normalized spacial score (nSPS) is 10.7. The van der Waals surface area contributed by atoms with Crippen LogP contribution in [0.3, 0.4) is 0 Å². The van der Waals surface area contributed by atoms with Gasteiger partial charge in [-0.15, -0.1) is 23.7 Å². The third kappa shape index (κ3) is 4.18. The number of aromatic nitrogens is 3. The van der Waals surface area contributed by atoms with Crippen molar-refractivity contribution in [2.45, 2.75) is 13.0 Å². The van der Waals surface area contributed by atoms with E-state index < -0.39 is 0 Å². The van der Waals surface area contributed by atoms with E-state index in [0.717, 1.165) is 17.7 Å². The zero-order chi connectivity index (χ0) is 17.9. The van der Waals surface area contributed by atoms with Crippen LogP contribution in [-0.4, -0.2) is 27.0 Å². The van der Waals surface area contributed by atoms with Crippen LogP contribution >= 0.6 is 35.1 Å². The van der Waals surface area contributed by atoms with Crippen molar-refractivity contribution in [1.82, 2.24) is 14.5 Å². The summed E-state index contributed by atoms with van der Waals surface area (Å²) in [5.41, 5.74) is 0.311. The molecule has 140 valence electrons. The van der Waals surface area contributed by atoms with Gasteiger partial charge in [0.2, 0.25) is 0 Å². The van der Waals surface area contributed by atoms with Crippen molar-refractivity contribution < 1.29 is 9.18 Å². The smallest absolute Gasteiger partial charge is 0.270 e. The largest absolute Gasteiger partial charge is 0.337 e. The Morgan fingerprint density at radius 1 is 1.26 bits per heavy atom. The fraction of sp³-hybridized carbons (Fsp3) is 0.167. The molecular weight excluding hydrogens is 407 g/mol. The molecule has 0 aliphatic carbocycles. The van der Waals surface area contributed by atoms with Gasteiger partial charge in [0.1, 0.15) is 11.3 Å². The summed E-state index contributed by atoms with van der Waals surface area (Å²) in [4.78, 5) is 23.7. The molecule has 5 nitrogen and oxygen atoms in total. The first-order chi connectivity index (χ1) is 12.7. The molecule has 0 spiro atoms. The van der Waals surface area contributed by atoms with Gasteiger partial charge in [-0.25, -0.2) is 14.4 Å². The van der Waals surface area contributed by atoms with E-state index in [0.29, 0.717) is 22.1 Å². The number of hydrogen-bond acceptors (Lipinski definition) is 5. The lowest BCUT2D eigenvalue weighted by Crippen LogP contribution is -2.31. The molecule has 3 aromatic heterocycles. The number of para-hydroxylation sites is 1. The molecule has 0 radical (unpaired) electrons. The monoisotopic (exact) mass is 422 g/mol. The molecule has 0 aliphatic rings. The molecule has 0 bridgehead atoms. The highest BCUT2D eigenvalue weighted by atomic mass is 35.5. The summed E-state index contributed by atoms with van der Waals surface area (Å²) in [6.45, 7) is 1.24. The summed E-state index contributed by atoms with van der Waals surface area (Å²) < 4.78 is 16.7. The number of imidazole rings is 1. The number of carbonyl (C=O) groups is 1. The third-order valence-corrected chi connectivity index (χ3v) is 5.83. The van der Waals surface area contributed by atoms with E-state index in [1.165, 1.54) is 28.7 Å². The van der Waals surface area contributed by atoms with Crippen LogP contribution < -0.4 is 4.90 Å². The van der Waals surface area contributed by atoms with Crippen molar-refractivity contribution in [3.63, 3.8) is 0 Å². The number of carbonyl (C=O) groups excluding carboxylic acids is 1. The van der Waals surface area contributed by atoms with Crippen LogP contribution in [0.2, 0.25) is 0 Å². The average molecular weight is 423 g/mol. The second kappa shape index (κ2) is 8.60. The Kier molecular flexibility index (Phi) is 6.20. The van der Waals surface area contributed by atoms with E-state index in [4.69, 9.17) is 0 Å². The first-order valence-corrected chi connectivity index (χ1v) is 9.78. The highest BCUT2D eigenvalue weighted by molar-refractivity contribution is 7.22. The van der Waals surface area contributed by atoms with Crippen LogP contribution in [0.1, 0.15) is 16.1 Å². The van der Waals surface area contributed by atoms with Gasteiger partial charge in [-0.1, -0.05) is 23.5 Å². The number of halogens is 2. The standard InChI is InChI=1S/C18H15FN4OS2.ClH/c19-13-4-1-5-14-16(13)21-18(26-14)23(17(24)15-6-2-11-25-15)9-3-8-22-10-7-20-12-22;/h1-2,4-7,10-12H,3,8-9H2;1H. The van der Waals surface area contributed by atoms with Gasteiger partial charge in [-0.3, -0.25) is 9.69 Å². The van der Waals surface area contributed by atoms with Gasteiger partial charge in [0.25, 0.3) is 5.91 Å². The second-order valence-electron chi connectivity index (χ2n) is 5.67. The average Bonchev–Trinajstić information content (AvgIpc) is 3.39. The number of hydrogen-bond donors (Lipinski definition) is 0. The Bertz CT molecular complexity index is 1020. The maximum atomic E-state index is 14.0. The number of benzene rings is 1. The van der Waals surface area contributed by atoms with Crippen molar-refractivity contribution in [2.24, 2.45) is 0 Å².